The molecule has 114 heavy (non-hydrogen) atoms. The van der Waals surface area contributed by atoms with Crippen LogP contribution in [-0.2, 0) is 0 Å². The van der Waals surface area contributed by atoms with Crippen molar-refractivity contribution in [3.63, 3.8) is 0 Å². The van der Waals surface area contributed by atoms with E-state index in [0.717, 1.165) is 122 Å². The smallest absolute Gasteiger partial charge is 0.164 e. The first kappa shape index (κ1) is 68.1. The van der Waals surface area contributed by atoms with Crippen molar-refractivity contribution in [1.82, 2.24) is 29.9 Å². The van der Waals surface area contributed by atoms with E-state index in [1.54, 1.807) is 0 Å². The third-order valence-electron chi connectivity index (χ3n) is 21.8. The maximum atomic E-state index is 5.21. The van der Waals surface area contributed by atoms with Crippen LogP contribution in [0.3, 0.4) is 0 Å². The standard InChI is InChI=1S/C108H70N6/c1-3-16-71(17-4-1)89-24-11-26-91(64-89)75-34-48-81(49-35-75)103-109-104(82-50-36-76(37-51-82)92-27-12-25-90(65-92)72-18-5-2-6-19-72)111-105(110-103)83-52-38-77(39-53-83)93-28-13-29-94(66-93)95-30-14-31-99(69-95)101-33-15-32-100-70-98(62-63-102(100)101)80-44-58-86(59-45-80)108-113-106(84-54-40-78(41-55-84)96-60-46-73-20-7-9-22-87(73)67-96)112-107(114-108)85-56-42-79(43-57-85)97-61-47-74-21-8-10-23-88(74)68-97/h1-70H. The van der Waals surface area contributed by atoms with Crippen molar-refractivity contribution in [2.24, 2.45) is 0 Å². The summed E-state index contributed by atoms with van der Waals surface area (Å²) in [5.74, 6) is 3.62. The maximum Gasteiger partial charge on any atom is 0.164 e. The largest absolute Gasteiger partial charge is 0.208 e. The first-order valence-corrected chi connectivity index (χ1v) is 38.6. The van der Waals surface area contributed by atoms with E-state index in [1.807, 2.05) is 0 Å². The summed E-state index contributed by atoms with van der Waals surface area (Å²) in [6, 6.07) is 151. The van der Waals surface area contributed by atoms with Crippen molar-refractivity contribution in [3.8, 4) is 180 Å². The average molecular weight is 1450 g/mol. The van der Waals surface area contributed by atoms with E-state index in [-0.39, 0.29) is 0 Å². The summed E-state index contributed by atoms with van der Waals surface area (Å²) in [6.07, 6.45) is 0. The summed E-state index contributed by atoms with van der Waals surface area (Å²) in [4.78, 5) is 31.2. The molecule has 0 saturated carbocycles. The Morgan fingerprint density at radius 3 is 0.614 bits per heavy atom. The van der Waals surface area contributed by atoms with Gasteiger partial charge in [0.05, 0.1) is 0 Å². The molecule has 6 heteroatoms. The van der Waals surface area contributed by atoms with E-state index in [0.29, 0.717) is 34.9 Å². The average Bonchev–Trinajstić information content (AvgIpc) is 0.788. The summed E-state index contributed by atoms with van der Waals surface area (Å²) < 4.78 is 0. The Balaban J connectivity index is 0.565. The third kappa shape index (κ3) is 14.0. The number of rotatable bonds is 16. The first-order valence-electron chi connectivity index (χ1n) is 38.6. The van der Waals surface area contributed by atoms with Crippen LogP contribution < -0.4 is 0 Å². The van der Waals surface area contributed by atoms with E-state index in [2.05, 4.69) is 425 Å². The number of fused-ring (bicyclic) bond motifs is 3. The molecule has 0 radical (unpaired) electrons. The molecule has 20 rings (SSSR count). The lowest BCUT2D eigenvalue weighted by Gasteiger charge is -2.12. The second-order valence-electron chi connectivity index (χ2n) is 29.0. The predicted molar refractivity (Wildman–Crippen MR) is 473 cm³/mol. The minimum Gasteiger partial charge on any atom is -0.208 e. The molecule has 0 unspecified atom stereocenters. The minimum atomic E-state index is 0.596. The molecule has 0 aliphatic rings. The Bertz CT molecular complexity index is 6680. The fraction of sp³-hybridized carbons (Fsp3) is 0. The Hall–Kier alpha value is -15.2. The zero-order valence-electron chi connectivity index (χ0n) is 62.1. The topological polar surface area (TPSA) is 77.3 Å². The van der Waals surface area contributed by atoms with Gasteiger partial charge in [-0.15, -0.1) is 0 Å². The highest BCUT2D eigenvalue weighted by Crippen LogP contribution is 2.40. The van der Waals surface area contributed by atoms with Crippen molar-refractivity contribution >= 4 is 32.3 Å². The van der Waals surface area contributed by atoms with Gasteiger partial charge in [-0.1, -0.05) is 382 Å². The second kappa shape index (κ2) is 30.0. The van der Waals surface area contributed by atoms with Gasteiger partial charge in [-0.25, -0.2) is 29.9 Å². The number of hydrogen-bond acceptors (Lipinski definition) is 6. The molecule has 2 heterocycles. The highest BCUT2D eigenvalue weighted by atomic mass is 15.0. The summed E-state index contributed by atoms with van der Waals surface area (Å²) in [5.41, 5.74) is 28.2. The van der Waals surface area contributed by atoms with Crippen LogP contribution in [0, 0.1) is 0 Å². The Kier molecular flexibility index (Phi) is 17.9. The van der Waals surface area contributed by atoms with Gasteiger partial charge in [0.1, 0.15) is 0 Å². The van der Waals surface area contributed by atoms with Crippen molar-refractivity contribution < 1.29 is 0 Å². The molecular weight excluding hydrogens is 1380 g/mol. The van der Waals surface area contributed by atoms with E-state index in [4.69, 9.17) is 29.9 Å². The van der Waals surface area contributed by atoms with Gasteiger partial charge in [-0.05, 0) is 186 Å². The van der Waals surface area contributed by atoms with E-state index in [9.17, 15) is 0 Å². The first-order chi connectivity index (χ1) is 56.4. The number of aromatic nitrogens is 6. The molecule has 0 aliphatic carbocycles. The Labute approximate surface area is 662 Å². The van der Waals surface area contributed by atoms with Crippen LogP contribution in [0.25, 0.3) is 212 Å². The molecule has 0 fully saturated rings. The van der Waals surface area contributed by atoms with Crippen LogP contribution in [0.15, 0.2) is 425 Å². The fourth-order valence-electron chi connectivity index (χ4n) is 15.6. The second-order valence-corrected chi connectivity index (χ2v) is 29.0. The third-order valence-corrected chi connectivity index (χ3v) is 21.8. The monoisotopic (exact) mass is 1450 g/mol. The Morgan fingerprint density at radius 2 is 0.298 bits per heavy atom. The minimum absolute atomic E-state index is 0.596. The van der Waals surface area contributed by atoms with Crippen molar-refractivity contribution in [1.29, 1.82) is 0 Å². The molecule has 0 N–H and O–H groups in total. The molecule has 20 aromatic rings. The van der Waals surface area contributed by atoms with Gasteiger partial charge in [-0.2, -0.15) is 0 Å². The summed E-state index contributed by atoms with van der Waals surface area (Å²) in [7, 11) is 0. The van der Waals surface area contributed by atoms with Gasteiger partial charge >= 0.3 is 0 Å². The molecule has 0 bridgehead atoms. The number of benzene rings is 18. The lowest BCUT2D eigenvalue weighted by Crippen LogP contribution is -2.00. The lowest BCUT2D eigenvalue weighted by atomic mass is 9.92. The SMILES string of the molecule is c1ccc(-c2cccc(-c3ccc(-c4nc(-c5ccc(-c6cccc(-c7ccccc7)c6)cc5)nc(-c5ccc(-c6cccc(-c7cccc(-c8cccc9cc(-c%10ccc(-c%11nc(-c%12ccc(-c%13ccc%14ccccc%14c%13)cc%12)nc(-c%12ccc(-c%13ccc%14ccccc%14c%13)cc%12)n%11)cc%10)ccc89)c7)c6)cc5)n4)cc3)c2)cc1. The molecule has 0 aliphatic heterocycles. The number of nitrogens with zero attached hydrogens (tertiary/aromatic N) is 6. The fourth-order valence-corrected chi connectivity index (χ4v) is 15.6. The van der Waals surface area contributed by atoms with Crippen LogP contribution in [-0.4, -0.2) is 29.9 Å². The van der Waals surface area contributed by atoms with E-state index in [1.165, 1.54) is 54.7 Å². The molecule has 0 amide bonds. The summed E-state index contributed by atoms with van der Waals surface area (Å²) >= 11 is 0. The maximum absolute atomic E-state index is 5.21. The highest BCUT2D eigenvalue weighted by molar-refractivity contribution is 6.00. The van der Waals surface area contributed by atoms with E-state index < -0.39 is 0 Å². The highest BCUT2D eigenvalue weighted by Gasteiger charge is 2.19. The summed E-state index contributed by atoms with van der Waals surface area (Å²) in [5, 5.41) is 7.20. The van der Waals surface area contributed by atoms with E-state index >= 15 is 0 Å². The molecule has 0 atom stereocenters. The van der Waals surface area contributed by atoms with Gasteiger partial charge in [0, 0.05) is 33.4 Å². The van der Waals surface area contributed by atoms with Crippen LogP contribution in [0.4, 0.5) is 0 Å². The zero-order chi connectivity index (χ0) is 75.7. The van der Waals surface area contributed by atoms with Gasteiger partial charge < -0.3 is 0 Å². The van der Waals surface area contributed by atoms with Gasteiger partial charge in [0.25, 0.3) is 0 Å². The molecular formula is C108H70N6. The van der Waals surface area contributed by atoms with Crippen molar-refractivity contribution in [2.45, 2.75) is 0 Å². The normalized spacial score (nSPS) is 11.3. The van der Waals surface area contributed by atoms with Gasteiger partial charge in [-0.3, -0.25) is 0 Å². The molecule has 2 aromatic heterocycles. The van der Waals surface area contributed by atoms with Crippen LogP contribution in [0.2, 0.25) is 0 Å². The molecule has 6 nitrogen and oxygen atoms in total. The molecule has 0 saturated heterocycles. The predicted octanol–water partition coefficient (Wildman–Crippen LogP) is 28.2. The van der Waals surface area contributed by atoms with Crippen LogP contribution >= 0.6 is 0 Å². The Morgan fingerprint density at radius 1 is 0.105 bits per heavy atom. The van der Waals surface area contributed by atoms with Crippen LogP contribution in [0.5, 0.6) is 0 Å². The molecule has 0 spiro atoms. The van der Waals surface area contributed by atoms with Crippen molar-refractivity contribution in [2.75, 3.05) is 0 Å². The summed E-state index contributed by atoms with van der Waals surface area (Å²) in [6.45, 7) is 0. The quantitative estimate of drug-likeness (QED) is 0.0959. The van der Waals surface area contributed by atoms with Gasteiger partial charge in [0.15, 0.2) is 34.9 Å². The molecule has 18 aromatic carbocycles. The van der Waals surface area contributed by atoms with Gasteiger partial charge in [0.2, 0.25) is 0 Å². The molecule has 532 valence electrons. The lowest BCUT2D eigenvalue weighted by molar-refractivity contribution is 1.07. The van der Waals surface area contributed by atoms with Crippen LogP contribution in [0.1, 0.15) is 0 Å². The number of hydrogen-bond donors (Lipinski definition) is 0. The zero-order valence-corrected chi connectivity index (χ0v) is 62.1. The van der Waals surface area contributed by atoms with Crippen molar-refractivity contribution in [3.05, 3.63) is 425 Å².